The topological polar surface area (TPSA) is 41.5 Å². The van der Waals surface area contributed by atoms with Crippen LogP contribution in [0, 0.1) is 5.41 Å². The van der Waals surface area contributed by atoms with Gasteiger partial charge in [-0.25, -0.2) is 5.43 Å². The van der Waals surface area contributed by atoms with Crippen LogP contribution in [0.3, 0.4) is 0 Å². The first-order chi connectivity index (χ1) is 7.60. The van der Waals surface area contributed by atoms with Gasteiger partial charge in [-0.05, 0) is 32.3 Å². The molecule has 84 valence electrons. The molecule has 1 heterocycles. The molecular weight excluding hydrogens is 200 g/mol. The Morgan fingerprint density at radius 1 is 1.19 bits per heavy atom. The highest BCUT2D eigenvalue weighted by molar-refractivity contribution is 6.11. The molecule has 0 atom stereocenters. The maximum absolute atomic E-state index is 11.5. The van der Waals surface area contributed by atoms with Gasteiger partial charge in [0.1, 0.15) is 0 Å². The van der Waals surface area contributed by atoms with E-state index in [-0.39, 0.29) is 5.91 Å². The fraction of sp³-hybridized carbons (Fsp3) is 0.385. The van der Waals surface area contributed by atoms with Crippen molar-refractivity contribution in [1.29, 1.82) is 0 Å². The van der Waals surface area contributed by atoms with Crippen LogP contribution in [0.4, 0.5) is 0 Å². The Bertz CT molecular complexity index is 421. The molecule has 2 rings (SSSR count). The number of rotatable bonds is 3. The molecule has 1 N–H and O–H groups in total. The van der Waals surface area contributed by atoms with Crippen LogP contribution in [0.15, 0.2) is 35.4 Å². The molecule has 0 bridgehead atoms. The van der Waals surface area contributed by atoms with Crippen molar-refractivity contribution in [2.45, 2.75) is 26.7 Å². The lowest BCUT2D eigenvalue weighted by Gasteiger charge is -2.16. The molecule has 0 saturated carbocycles. The average Bonchev–Trinajstić information content (AvgIpc) is 2.53. The summed E-state index contributed by atoms with van der Waals surface area (Å²) < 4.78 is 0. The number of hydrazone groups is 1. The Balaban J connectivity index is 2.00. The highest BCUT2D eigenvalue weighted by Gasteiger charge is 2.37. The van der Waals surface area contributed by atoms with Crippen molar-refractivity contribution in [3.05, 3.63) is 35.9 Å². The summed E-state index contributed by atoms with van der Waals surface area (Å²) in [5, 5.41) is 4.10. The predicted octanol–water partition coefficient (Wildman–Crippen LogP) is 2.13. The Hall–Kier alpha value is -1.64. The molecule has 0 unspecified atom stereocenters. The average molecular weight is 216 g/mol. The van der Waals surface area contributed by atoms with E-state index in [4.69, 9.17) is 0 Å². The molecule has 0 spiro atoms. The van der Waals surface area contributed by atoms with E-state index in [1.807, 2.05) is 32.0 Å². The van der Waals surface area contributed by atoms with Crippen molar-refractivity contribution in [3.8, 4) is 0 Å². The number of carbonyl (C=O) groups excluding carboxylic acids is 1. The number of hydrogen-bond acceptors (Lipinski definition) is 2. The molecule has 3 heteroatoms. The van der Waals surface area contributed by atoms with Gasteiger partial charge in [-0.3, -0.25) is 4.79 Å². The minimum atomic E-state index is -0.450. The second kappa shape index (κ2) is 4.08. The number of carbonyl (C=O) groups is 1. The summed E-state index contributed by atoms with van der Waals surface area (Å²) in [5.41, 5.74) is 4.32. The third-order valence-electron chi connectivity index (χ3n) is 3.07. The van der Waals surface area contributed by atoms with E-state index in [0.29, 0.717) is 0 Å². The van der Waals surface area contributed by atoms with Gasteiger partial charge in [-0.15, -0.1) is 0 Å². The fourth-order valence-corrected chi connectivity index (χ4v) is 1.80. The minimum absolute atomic E-state index is 0.00411. The van der Waals surface area contributed by atoms with E-state index >= 15 is 0 Å². The zero-order valence-electron chi connectivity index (χ0n) is 9.66. The zero-order valence-corrected chi connectivity index (χ0v) is 9.66. The number of nitrogens with zero attached hydrogens (tertiary/aromatic N) is 1. The first-order valence-electron chi connectivity index (χ1n) is 5.52. The van der Waals surface area contributed by atoms with Crippen LogP contribution in [0.1, 0.15) is 25.8 Å². The summed E-state index contributed by atoms with van der Waals surface area (Å²) in [4.78, 5) is 11.5. The molecule has 0 fully saturated rings. The second-order valence-corrected chi connectivity index (χ2v) is 4.61. The number of aryl methyl sites for hydroxylation is 1. The molecule has 1 aliphatic heterocycles. The van der Waals surface area contributed by atoms with Crippen LogP contribution >= 0.6 is 0 Å². The molecular formula is C13H16N2O. The Kier molecular flexibility index (Phi) is 2.77. The number of nitrogens with one attached hydrogen (secondary N) is 1. The summed E-state index contributed by atoms with van der Waals surface area (Å²) >= 11 is 0. The Morgan fingerprint density at radius 2 is 1.88 bits per heavy atom. The number of benzene rings is 1. The van der Waals surface area contributed by atoms with Crippen molar-refractivity contribution in [2.75, 3.05) is 0 Å². The molecule has 0 saturated heterocycles. The van der Waals surface area contributed by atoms with E-state index < -0.39 is 5.41 Å². The largest absolute Gasteiger partial charge is 0.272 e. The van der Waals surface area contributed by atoms with E-state index in [0.717, 1.165) is 18.6 Å². The highest BCUT2D eigenvalue weighted by atomic mass is 16.2. The van der Waals surface area contributed by atoms with Gasteiger partial charge in [0.2, 0.25) is 0 Å². The van der Waals surface area contributed by atoms with Gasteiger partial charge in [-0.1, -0.05) is 30.3 Å². The lowest BCUT2D eigenvalue weighted by Crippen LogP contribution is -2.32. The standard InChI is InChI=1S/C13H16N2O/c1-13(2)11(14-15-12(13)16)9-8-10-6-4-3-5-7-10/h3-7H,8-9H2,1-2H3,(H,15,16). The number of hydrogen-bond donors (Lipinski definition) is 1. The Morgan fingerprint density at radius 3 is 2.44 bits per heavy atom. The van der Waals surface area contributed by atoms with Gasteiger partial charge in [0.25, 0.3) is 5.91 Å². The lowest BCUT2D eigenvalue weighted by atomic mass is 9.84. The molecule has 0 aliphatic carbocycles. The van der Waals surface area contributed by atoms with Crippen molar-refractivity contribution in [1.82, 2.24) is 5.43 Å². The zero-order chi connectivity index (χ0) is 11.6. The molecule has 3 nitrogen and oxygen atoms in total. The summed E-state index contributed by atoms with van der Waals surface area (Å²) in [5.74, 6) is -0.00411. The van der Waals surface area contributed by atoms with Crippen molar-refractivity contribution >= 4 is 11.6 Å². The summed E-state index contributed by atoms with van der Waals surface area (Å²) in [6.45, 7) is 3.83. The quantitative estimate of drug-likeness (QED) is 0.826. The van der Waals surface area contributed by atoms with Gasteiger partial charge in [-0.2, -0.15) is 5.10 Å². The first kappa shape index (κ1) is 10.9. The van der Waals surface area contributed by atoms with Gasteiger partial charge in [0, 0.05) is 0 Å². The minimum Gasteiger partial charge on any atom is -0.272 e. The summed E-state index contributed by atoms with van der Waals surface area (Å²) in [7, 11) is 0. The third-order valence-corrected chi connectivity index (χ3v) is 3.07. The van der Waals surface area contributed by atoms with Gasteiger partial charge >= 0.3 is 0 Å². The summed E-state index contributed by atoms with van der Waals surface area (Å²) in [6.07, 6.45) is 1.76. The summed E-state index contributed by atoms with van der Waals surface area (Å²) in [6, 6.07) is 10.3. The highest BCUT2D eigenvalue weighted by Crippen LogP contribution is 2.25. The van der Waals surface area contributed by atoms with Crippen LogP contribution in [0.2, 0.25) is 0 Å². The van der Waals surface area contributed by atoms with Crippen LogP contribution in [-0.4, -0.2) is 11.6 Å². The van der Waals surface area contributed by atoms with Crippen molar-refractivity contribution in [2.24, 2.45) is 10.5 Å². The van der Waals surface area contributed by atoms with Crippen molar-refractivity contribution < 1.29 is 4.79 Å². The monoisotopic (exact) mass is 216 g/mol. The van der Waals surface area contributed by atoms with Gasteiger partial charge < -0.3 is 0 Å². The smallest absolute Gasteiger partial charge is 0.251 e. The van der Waals surface area contributed by atoms with Gasteiger partial charge in [0.15, 0.2) is 0 Å². The van der Waals surface area contributed by atoms with Crippen LogP contribution in [0.25, 0.3) is 0 Å². The molecule has 1 aliphatic rings. The number of amides is 1. The fourth-order valence-electron chi connectivity index (χ4n) is 1.80. The molecule has 1 aromatic rings. The predicted molar refractivity (Wildman–Crippen MR) is 64.1 cm³/mol. The normalized spacial score (nSPS) is 18.1. The maximum atomic E-state index is 11.5. The SMILES string of the molecule is CC1(C)C(=O)NN=C1CCc1ccccc1. The first-order valence-corrected chi connectivity index (χ1v) is 5.52. The molecule has 16 heavy (non-hydrogen) atoms. The van der Waals surface area contributed by atoms with Crippen LogP contribution in [0.5, 0.6) is 0 Å². The maximum Gasteiger partial charge on any atom is 0.251 e. The Labute approximate surface area is 95.6 Å². The van der Waals surface area contributed by atoms with E-state index in [1.165, 1.54) is 5.56 Å². The molecule has 1 aromatic carbocycles. The van der Waals surface area contributed by atoms with Crippen molar-refractivity contribution in [3.63, 3.8) is 0 Å². The van der Waals surface area contributed by atoms with E-state index in [1.54, 1.807) is 0 Å². The second-order valence-electron chi connectivity index (χ2n) is 4.61. The van der Waals surface area contributed by atoms with Crippen LogP contribution in [-0.2, 0) is 11.2 Å². The van der Waals surface area contributed by atoms with Gasteiger partial charge in [0.05, 0.1) is 11.1 Å². The lowest BCUT2D eigenvalue weighted by molar-refractivity contribution is -0.125. The third kappa shape index (κ3) is 1.98. The van der Waals surface area contributed by atoms with Crippen LogP contribution < -0.4 is 5.43 Å². The van der Waals surface area contributed by atoms with E-state index in [2.05, 4.69) is 22.7 Å². The molecule has 1 amide bonds. The molecule has 0 aromatic heterocycles. The molecule has 0 radical (unpaired) electrons. The van der Waals surface area contributed by atoms with E-state index in [9.17, 15) is 4.79 Å².